The Balaban J connectivity index is 1.90. The molecule has 0 radical (unpaired) electrons. The Hall–Kier alpha value is 0.150. The van der Waals surface area contributed by atoms with Crippen molar-refractivity contribution < 1.29 is 4.79 Å². The minimum absolute atomic E-state index is 0.0637. The van der Waals surface area contributed by atoms with Crippen molar-refractivity contribution in [1.29, 1.82) is 0 Å². The summed E-state index contributed by atoms with van der Waals surface area (Å²) in [5.41, 5.74) is 0.0949. The van der Waals surface area contributed by atoms with E-state index in [4.69, 9.17) is 0 Å². The number of carbonyl (C=O) groups excluding carboxylic acids is 1. The zero-order valence-electron chi connectivity index (χ0n) is 9.34. The second-order valence-corrected chi connectivity index (χ2v) is 7.55. The smallest absolute Gasteiger partial charge is 0.152 e. The van der Waals surface area contributed by atoms with Crippen LogP contribution in [-0.2, 0) is 4.79 Å². The fraction of sp³-hybridized carbons (Fsp3) is 0.923. The lowest BCUT2D eigenvalue weighted by Gasteiger charge is -2.56. The summed E-state index contributed by atoms with van der Waals surface area (Å²) in [5.74, 6) is 3.14. The maximum absolute atomic E-state index is 12.3. The Morgan fingerprint density at radius 1 is 1.13 bits per heavy atom. The lowest BCUT2D eigenvalue weighted by Crippen LogP contribution is -2.51. The molecule has 1 atom stereocenters. The largest absolute Gasteiger partial charge is 0.298 e. The van der Waals surface area contributed by atoms with Gasteiger partial charge in [0.15, 0.2) is 5.78 Å². The zero-order chi connectivity index (χ0) is 10.6. The molecular weight excluding hydrogens is 252 g/mol. The van der Waals surface area contributed by atoms with Crippen molar-refractivity contribution >= 4 is 21.7 Å². The number of hydrogen-bond acceptors (Lipinski definition) is 1. The number of hydrogen-bond donors (Lipinski definition) is 0. The van der Waals surface area contributed by atoms with Crippen LogP contribution in [0, 0.1) is 23.2 Å². The standard InChI is InChI=1S/C13H19BrO/c1-8(14)12(15)13-5-9-2-10(6-13)4-11(3-9)7-13/h8-11H,2-7H2,1H3. The van der Waals surface area contributed by atoms with Gasteiger partial charge in [-0.15, -0.1) is 0 Å². The van der Waals surface area contributed by atoms with E-state index in [-0.39, 0.29) is 10.2 Å². The van der Waals surface area contributed by atoms with Crippen molar-refractivity contribution in [2.75, 3.05) is 0 Å². The summed E-state index contributed by atoms with van der Waals surface area (Å²) >= 11 is 3.48. The molecule has 4 bridgehead atoms. The number of Topliss-reactive ketones (excluding diaryl/α,β-unsaturated/α-hetero) is 1. The van der Waals surface area contributed by atoms with Crippen LogP contribution in [0.25, 0.3) is 0 Å². The molecule has 0 aromatic heterocycles. The first-order valence-electron chi connectivity index (χ1n) is 6.27. The highest BCUT2D eigenvalue weighted by molar-refractivity contribution is 9.10. The zero-order valence-corrected chi connectivity index (χ0v) is 10.9. The van der Waals surface area contributed by atoms with Crippen LogP contribution < -0.4 is 0 Å². The molecule has 4 fully saturated rings. The third-order valence-corrected chi connectivity index (χ3v) is 5.34. The van der Waals surface area contributed by atoms with E-state index in [0.717, 1.165) is 17.8 Å². The summed E-state index contributed by atoms with van der Waals surface area (Å²) in [5, 5.41) is 0. The van der Waals surface area contributed by atoms with E-state index in [1.165, 1.54) is 38.5 Å². The Kier molecular flexibility index (Phi) is 2.28. The summed E-state index contributed by atoms with van der Waals surface area (Å²) < 4.78 is 0. The topological polar surface area (TPSA) is 17.1 Å². The highest BCUT2D eigenvalue weighted by Gasteiger charge is 2.54. The minimum atomic E-state index is 0.0637. The van der Waals surface area contributed by atoms with Crippen molar-refractivity contribution in [2.45, 2.75) is 50.3 Å². The third-order valence-electron chi connectivity index (χ3n) is 4.92. The third kappa shape index (κ3) is 1.51. The highest BCUT2D eigenvalue weighted by atomic mass is 79.9. The number of ketones is 1. The first-order valence-corrected chi connectivity index (χ1v) is 7.19. The minimum Gasteiger partial charge on any atom is -0.298 e. The number of alkyl halides is 1. The number of rotatable bonds is 2. The predicted octanol–water partition coefficient (Wildman–Crippen LogP) is 3.56. The normalized spacial score (nSPS) is 49.3. The van der Waals surface area contributed by atoms with Gasteiger partial charge in [0.05, 0.1) is 4.83 Å². The summed E-state index contributed by atoms with van der Waals surface area (Å²) in [7, 11) is 0. The molecule has 4 aliphatic carbocycles. The van der Waals surface area contributed by atoms with Crippen molar-refractivity contribution in [3.63, 3.8) is 0 Å². The summed E-state index contributed by atoms with van der Waals surface area (Å²) in [4.78, 5) is 12.4. The molecule has 0 amide bonds. The van der Waals surface area contributed by atoms with Crippen molar-refractivity contribution in [3.05, 3.63) is 0 Å². The molecule has 0 saturated heterocycles. The van der Waals surface area contributed by atoms with Crippen molar-refractivity contribution in [3.8, 4) is 0 Å². The lowest BCUT2D eigenvalue weighted by atomic mass is 9.48. The Bertz CT molecular complexity index is 260. The van der Waals surface area contributed by atoms with Gasteiger partial charge >= 0.3 is 0 Å². The SMILES string of the molecule is CC(Br)C(=O)C12CC3CC(CC(C3)C1)C2. The van der Waals surface area contributed by atoms with Gasteiger partial charge in [0.1, 0.15) is 0 Å². The van der Waals surface area contributed by atoms with E-state index >= 15 is 0 Å². The molecule has 1 unspecified atom stereocenters. The van der Waals surface area contributed by atoms with Crippen molar-refractivity contribution in [1.82, 2.24) is 0 Å². The van der Waals surface area contributed by atoms with Crippen LogP contribution in [0.5, 0.6) is 0 Å². The van der Waals surface area contributed by atoms with Crippen LogP contribution in [0.15, 0.2) is 0 Å². The Morgan fingerprint density at radius 3 is 1.87 bits per heavy atom. The molecule has 0 aromatic carbocycles. The van der Waals surface area contributed by atoms with Gasteiger partial charge in [-0.1, -0.05) is 15.9 Å². The fourth-order valence-electron chi connectivity index (χ4n) is 4.83. The van der Waals surface area contributed by atoms with Crippen LogP contribution in [0.4, 0.5) is 0 Å². The average molecular weight is 271 g/mol. The summed E-state index contributed by atoms with van der Waals surface area (Å²) in [6.45, 7) is 2.00. The summed E-state index contributed by atoms with van der Waals surface area (Å²) in [6, 6.07) is 0. The van der Waals surface area contributed by atoms with E-state index in [2.05, 4.69) is 15.9 Å². The molecule has 0 aliphatic heterocycles. The van der Waals surface area contributed by atoms with Gasteiger partial charge in [0.25, 0.3) is 0 Å². The van der Waals surface area contributed by atoms with Gasteiger partial charge in [-0.25, -0.2) is 0 Å². The molecule has 4 saturated carbocycles. The summed E-state index contributed by atoms with van der Waals surface area (Å²) in [6.07, 6.45) is 7.87. The number of halogens is 1. The van der Waals surface area contributed by atoms with Crippen LogP contribution in [0.2, 0.25) is 0 Å². The van der Waals surface area contributed by atoms with Crippen LogP contribution >= 0.6 is 15.9 Å². The molecular formula is C13H19BrO. The first kappa shape index (κ1) is 10.3. The Morgan fingerprint density at radius 2 is 1.53 bits per heavy atom. The van der Waals surface area contributed by atoms with E-state index in [0.29, 0.717) is 5.78 Å². The van der Waals surface area contributed by atoms with Crippen LogP contribution in [0.3, 0.4) is 0 Å². The van der Waals surface area contributed by atoms with Gasteiger partial charge < -0.3 is 0 Å². The molecule has 15 heavy (non-hydrogen) atoms. The fourth-order valence-corrected chi connectivity index (χ4v) is 5.32. The second-order valence-electron chi connectivity index (χ2n) is 6.18. The molecule has 4 rings (SSSR count). The maximum Gasteiger partial charge on any atom is 0.152 e. The van der Waals surface area contributed by atoms with Gasteiger partial charge in [-0.2, -0.15) is 0 Å². The molecule has 84 valence electrons. The average Bonchev–Trinajstić information content (AvgIpc) is 2.14. The molecule has 4 aliphatic rings. The molecule has 0 heterocycles. The maximum atomic E-state index is 12.3. The highest BCUT2D eigenvalue weighted by Crippen LogP contribution is 2.60. The quantitative estimate of drug-likeness (QED) is 0.702. The van der Waals surface area contributed by atoms with E-state index < -0.39 is 0 Å². The van der Waals surface area contributed by atoms with Crippen molar-refractivity contribution in [2.24, 2.45) is 23.2 Å². The van der Waals surface area contributed by atoms with E-state index in [1.807, 2.05) is 6.92 Å². The van der Waals surface area contributed by atoms with Gasteiger partial charge in [0.2, 0.25) is 0 Å². The van der Waals surface area contributed by atoms with E-state index in [9.17, 15) is 4.79 Å². The predicted molar refractivity (Wildman–Crippen MR) is 64.0 cm³/mol. The molecule has 0 aromatic rings. The lowest BCUT2D eigenvalue weighted by molar-refractivity contribution is -0.142. The van der Waals surface area contributed by atoms with E-state index in [1.54, 1.807) is 0 Å². The Labute approximate surface area is 100 Å². The van der Waals surface area contributed by atoms with Crippen LogP contribution in [-0.4, -0.2) is 10.6 Å². The van der Waals surface area contributed by atoms with Crippen LogP contribution in [0.1, 0.15) is 45.4 Å². The molecule has 2 heteroatoms. The van der Waals surface area contributed by atoms with Gasteiger partial charge in [0, 0.05) is 5.41 Å². The first-order chi connectivity index (χ1) is 7.09. The molecule has 0 spiro atoms. The van der Waals surface area contributed by atoms with Gasteiger partial charge in [-0.05, 0) is 63.2 Å². The van der Waals surface area contributed by atoms with Gasteiger partial charge in [-0.3, -0.25) is 4.79 Å². The number of carbonyl (C=O) groups is 1. The molecule has 1 nitrogen and oxygen atoms in total. The second kappa shape index (κ2) is 3.32. The monoisotopic (exact) mass is 270 g/mol. The molecule has 0 N–H and O–H groups in total.